The van der Waals surface area contributed by atoms with Crippen LogP contribution in [0.3, 0.4) is 0 Å². The van der Waals surface area contributed by atoms with Crippen LogP contribution in [0.1, 0.15) is 13.8 Å². The quantitative estimate of drug-likeness (QED) is 0.675. The summed E-state index contributed by atoms with van der Waals surface area (Å²) >= 11 is 1.38. The summed E-state index contributed by atoms with van der Waals surface area (Å²) in [7, 11) is 0. The fourth-order valence-corrected chi connectivity index (χ4v) is 3.89. The number of aromatic nitrogens is 3. The number of rotatable bonds is 8. The molecule has 1 atom stereocenters. The largest absolute Gasteiger partial charge is 0.379 e. The van der Waals surface area contributed by atoms with Gasteiger partial charge in [0.25, 0.3) is 0 Å². The van der Waals surface area contributed by atoms with Crippen LogP contribution in [0, 0.1) is 5.82 Å². The van der Waals surface area contributed by atoms with Gasteiger partial charge in [-0.1, -0.05) is 11.8 Å². The van der Waals surface area contributed by atoms with Crippen molar-refractivity contribution in [3.05, 3.63) is 30.1 Å². The lowest BCUT2D eigenvalue weighted by Gasteiger charge is -2.27. The summed E-state index contributed by atoms with van der Waals surface area (Å²) in [4.78, 5) is 14.5. The molecule has 1 aliphatic heterocycles. The van der Waals surface area contributed by atoms with Crippen molar-refractivity contribution < 1.29 is 13.9 Å². The van der Waals surface area contributed by atoms with Crippen LogP contribution in [0.4, 0.5) is 4.39 Å². The molecule has 1 saturated heterocycles. The molecule has 0 unspecified atom stereocenters. The molecule has 0 aliphatic carbocycles. The molecule has 2 heterocycles. The minimum Gasteiger partial charge on any atom is -0.379 e. The van der Waals surface area contributed by atoms with Crippen molar-refractivity contribution >= 4 is 17.7 Å². The first-order chi connectivity index (χ1) is 13.6. The van der Waals surface area contributed by atoms with E-state index in [1.54, 1.807) is 12.1 Å². The smallest absolute Gasteiger partial charge is 0.233 e. The highest BCUT2D eigenvalue weighted by atomic mass is 32.2. The second-order valence-corrected chi connectivity index (χ2v) is 7.88. The lowest BCUT2D eigenvalue weighted by molar-refractivity contribution is -0.120. The third-order valence-corrected chi connectivity index (χ3v) is 5.65. The molecule has 0 saturated carbocycles. The Balaban J connectivity index is 1.81. The van der Waals surface area contributed by atoms with Gasteiger partial charge in [0.1, 0.15) is 5.82 Å². The first kappa shape index (κ1) is 20.8. The number of halogens is 1. The van der Waals surface area contributed by atoms with Crippen molar-refractivity contribution in [3.8, 4) is 11.4 Å². The number of ether oxygens (including phenoxy) is 1. The zero-order chi connectivity index (χ0) is 19.9. The number of amides is 1. The van der Waals surface area contributed by atoms with Gasteiger partial charge in [-0.25, -0.2) is 4.39 Å². The molecule has 9 heteroatoms. The van der Waals surface area contributed by atoms with Crippen LogP contribution >= 0.6 is 11.8 Å². The van der Waals surface area contributed by atoms with Crippen molar-refractivity contribution in [2.45, 2.75) is 30.8 Å². The van der Waals surface area contributed by atoms with Gasteiger partial charge in [0, 0.05) is 38.3 Å². The zero-order valence-electron chi connectivity index (χ0n) is 16.2. The Morgan fingerprint density at radius 1 is 1.25 bits per heavy atom. The second kappa shape index (κ2) is 9.99. The summed E-state index contributed by atoms with van der Waals surface area (Å²) in [6.07, 6.45) is 0. The van der Waals surface area contributed by atoms with Crippen LogP contribution in [-0.2, 0) is 16.1 Å². The molecule has 1 fully saturated rings. The summed E-state index contributed by atoms with van der Waals surface area (Å²) in [5.74, 6) is 0.361. The van der Waals surface area contributed by atoms with Gasteiger partial charge in [-0.05, 0) is 38.1 Å². The average molecular weight is 408 g/mol. The van der Waals surface area contributed by atoms with Crippen LogP contribution in [0.5, 0.6) is 0 Å². The Hall–Kier alpha value is -1.97. The van der Waals surface area contributed by atoms with Crippen LogP contribution in [0.15, 0.2) is 29.4 Å². The van der Waals surface area contributed by atoms with E-state index in [9.17, 15) is 9.18 Å². The number of nitrogens with one attached hydrogen (secondary N) is 1. The number of hydrogen-bond acceptors (Lipinski definition) is 6. The summed E-state index contributed by atoms with van der Waals surface area (Å²) in [6, 6.07) is 6.24. The predicted molar refractivity (Wildman–Crippen MR) is 107 cm³/mol. The van der Waals surface area contributed by atoms with E-state index in [0.717, 1.165) is 38.4 Å². The van der Waals surface area contributed by atoms with Gasteiger partial charge in [0.05, 0.1) is 18.5 Å². The van der Waals surface area contributed by atoms with E-state index in [2.05, 4.69) is 20.4 Å². The van der Waals surface area contributed by atoms with Crippen molar-refractivity contribution in [3.63, 3.8) is 0 Å². The SMILES string of the molecule is CCNC(=O)[C@@H](C)Sc1nnc(-c2ccc(F)cc2)n1CCN1CCOCC1. The van der Waals surface area contributed by atoms with E-state index < -0.39 is 0 Å². The van der Waals surface area contributed by atoms with Gasteiger partial charge >= 0.3 is 0 Å². The van der Waals surface area contributed by atoms with Crippen molar-refractivity contribution in [1.82, 2.24) is 25.0 Å². The summed E-state index contributed by atoms with van der Waals surface area (Å²) < 4.78 is 20.7. The van der Waals surface area contributed by atoms with Crippen molar-refractivity contribution in [2.75, 3.05) is 39.4 Å². The molecular formula is C19H26FN5O2S. The fraction of sp³-hybridized carbons (Fsp3) is 0.526. The van der Waals surface area contributed by atoms with Crippen LogP contribution in [0.25, 0.3) is 11.4 Å². The molecule has 28 heavy (non-hydrogen) atoms. The molecule has 0 radical (unpaired) electrons. The van der Waals surface area contributed by atoms with Crippen LogP contribution in [-0.4, -0.2) is 70.2 Å². The van der Waals surface area contributed by atoms with Gasteiger partial charge < -0.3 is 14.6 Å². The molecule has 1 aromatic carbocycles. The normalized spacial score (nSPS) is 16.1. The third kappa shape index (κ3) is 5.30. The molecule has 1 N–H and O–H groups in total. The van der Waals surface area contributed by atoms with Crippen molar-refractivity contribution in [2.24, 2.45) is 0 Å². The molecule has 2 aromatic rings. The van der Waals surface area contributed by atoms with Crippen LogP contribution < -0.4 is 5.32 Å². The lowest BCUT2D eigenvalue weighted by Crippen LogP contribution is -2.38. The van der Waals surface area contributed by atoms with Crippen LogP contribution in [0.2, 0.25) is 0 Å². The maximum Gasteiger partial charge on any atom is 0.233 e. The van der Waals surface area contributed by atoms with E-state index in [-0.39, 0.29) is 17.0 Å². The maximum atomic E-state index is 13.3. The van der Waals surface area contributed by atoms with Gasteiger partial charge in [-0.15, -0.1) is 10.2 Å². The monoisotopic (exact) mass is 407 g/mol. The number of carbonyl (C=O) groups is 1. The molecule has 1 amide bonds. The molecule has 0 bridgehead atoms. The maximum absolute atomic E-state index is 13.3. The van der Waals surface area contributed by atoms with E-state index in [1.807, 2.05) is 18.4 Å². The zero-order valence-corrected chi connectivity index (χ0v) is 17.0. The molecule has 1 aromatic heterocycles. The number of carbonyl (C=O) groups excluding carboxylic acids is 1. The minimum atomic E-state index is -0.289. The Labute approximate surface area is 168 Å². The number of nitrogens with zero attached hydrogens (tertiary/aromatic N) is 4. The Kier molecular flexibility index (Phi) is 7.41. The lowest BCUT2D eigenvalue weighted by atomic mass is 10.2. The first-order valence-corrected chi connectivity index (χ1v) is 10.4. The summed E-state index contributed by atoms with van der Waals surface area (Å²) in [5.41, 5.74) is 0.799. The predicted octanol–water partition coefficient (Wildman–Crippen LogP) is 2.03. The number of morpholine rings is 1. The first-order valence-electron chi connectivity index (χ1n) is 9.52. The Bertz CT molecular complexity index is 777. The van der Waals surface area contributed by atoms with Gasteiger partial charge in [-0.2, -0.15) is 0 Å². The van der Waals surface area contributed by atoms with E-state index in [4.69, 9.17) is 4.74 Å². The Morgan fingerprint density at radius 2 is 1.96 bits per heavy atom. The molecule has 1 aliphatic rings. The molecule has 7 nitrogen and oxygen atoms in total. The molecule has 0 spiro atoms. The van der Waals surface area contributed by atoms with Crippen molar-refractivity contribution in [1.29, 1.82) is 0 Å². The highest BCUT2D eigenvalue weighted by molar-refractivity contribution is 8.00. The fourth-order valence-electron chi connectivity index (χ4n) is 2.99. The highest BCUT2D eigenvalue weighted by Gasteiger charge is 2.21. The number of thioether (sulfide) groups is 1. The van der Waals surface area contributed by atoms with E-state index in [0.29, 0.717) is 24.1 Å². The minimum absolute atomic E-state index is 0.0291. The van der Waals surface area contributed by atoms with Gasteiger partial charge in [0.2, 0.25) is 5.91 Å². The highest BCUT2D eigenvalue weighted by Crippen LogP contribution is 2.27. The van der Waals surface area contributed by atoms with Gasteiger partial charge in [0.15, 0.2) is 11.0 Å². The summed E-state index contributed by atoms with van der Waals surface area (Å²) in [6.45, 7) is 9.13. The molecule has 3 rings (SSSR count). The average Bonchev–Trinajstić information content (AvgIpc) is 3.10. The number of hydrogen-bond donors (Lipinski definition) is 1. The van der Waals surface area contributed by atoms with E-state index >= 15 is 0 Å². The standard InChI is InChI=1S/C19H26FN5O2S/c1-3-21-18(26)14(2)28-19-23-22-17(15-4-6-16(20)7-5-15)25(19)9-8-24-10-12-27-13-11-24/h4-7,14H,3,8-13H2,1-2H3,(H,21,26)/t14-/m1/s1. The Morgan fingerprint density at radius 3 is 2.64 bits per heavy atom. The summed E-state index contributed by atoms with van der Waals surface area (Å²) in [5, 5.41) is 11.9. The topological polar surface area (TPSA) is 72.3 Å². The second-order valence-electron chi connectivity index (χ2n) is 6.57. The third-order valence-electron chi connectivity index (χ3n) is 4.57. The molecule has 152 valence electrons. The molecular weight excluding hydrogens is 381 g/mol. The van der Waals surface area contributed by atoms with E-state index in [1.165, 1.54) is 23.9 Å². The van der Waals surface area contributed by atoms with Gasteiger partial charge in [-0.3, -0.25) is 9.69 Å². The number of benzene rings is 1.